The standard InChI is InChI=1S/C10H15N3/c1-9-3-2-6-13(7-9)10-4-5-11-8-12-10/h4-5,8-9H,2-3,6-7H2,1H3/t9-/m1/s1. The Bertz CT molecular complexity index is 260. The number of rotatable bonds is 1. The number of hydrogen-bond donors (Lipinski definition) is 0. The van der Waals surface area contributed by atoms with E-state index in [9.17, 15) is 0 Å². The average molecular weight is 177 g/mol. The van der Waals surface area contributed by atoms with Crippen molar-refractivity contribution in [1.82, 2.24) is 9.97 Å². The third kappa shape index (κ3) is 1.97. The molecule has 1 atom stereocenters. The summed E-state index contributed by atoms with van der Waals surface area (Å²) in [4.78, 5) is 10.5. The van der Waals surface area contributed by atoms with E-state index >= 15 is 0 Å². The maximum atomic E-state index is 4.25. The molecule has 0 bridgehead atoms. The maximum absolute atomic E-state index is 4.25. The van der Waals surface area contributed by atoms with Crippen LogP contribution in [0.3, 0.4) is 0 Å². The maximum Gasteiger partial charge on any atom is 0.131 e. The lowest BCUT2D eigenvalue weighted by molar-refractivity contribution is 0.444. The predicted octanol–water partition coefficient (Wildman–Crippen LogP) is 1.71. The number of piperidine rings is 1. The molecule has 70 valence electrons. The van der Waals surface area contributed by atoms with Crippen molar-refractivity contribution in [3.63, 3.8) is 0 Å². The molecule has 3 nitrogen and oxygen atoms in total. The molecule has 0 amide bonds. The molecule has 2 rings (SSSR count). The van der Waals surface area contributed by atoms with Crippen molar-refractivity contribution in [2.24, 2.45) is 5.92 Å². The van der Waals surface area contributed by atoms with Crippen molar-refractivity contribution in [2.45, 2.75) is 19.8 Å². The molecule has 0 aliphatic carbocycles. The Morgan fingerprint density at radius 1 is 1.54 bits per heavy atom. The highest BCUT2D eigenvalue weighted by Gasteiger charge is 2.16. The first-order valence-electron chi connectivity index (χ1n) is 4.87. The van der Waals surface area contributed by atoms with Crippen molar-refractivity contribution in [1.29, 1.82) is 0 Å². The summed E-state index contributed by atoms with van der Waals surface area (Å²) in [6.45, 7) is 4.58. The second-order valence-electron chi connectivity index (χ2n) is 3.76. The zero-order valence-corrected chi connectivity index (χ0v) is 7.98. The van der Waals surface area contributed by atoms with Crippen LogP contribution < -0.4 is 4.90 Å². The van der Waals surface area contributed by atoms with E-state index in [1.165, 1.54) is 12.8 Å². The predicted molar refractivity (Wildman–Crippen MR) is 52.6 cm³/mol. The highest BCUT2D eigenvalue weighted by atomic mass is 15.2. The number of nitrogens with zero attached hydrogens (tertiary/aromatic N) is 3. The molecule has 1 saturated heterocycles. The van der Waals surface area contributed by atoms with Crippen LogP contribution in [0, 0.1) is 5.92 Å². The summed E-state index contributed by atoms with van der Waals surface area (Å²) in [6, 6.07) is 1.98. The van der Waals surface area contributed by atoms with Gasteiger partial charge >= 0.3 is 0 Å². The molecule has 0 radical (unpaired) electrons. The number of aromatic nitrogens is 2. The zero-order chi connectivity index (χ0) is 9.10. The molecule has 1 aromatic heterocycles. The van der Waals surface area contributed by atoms with Gasteiger partial charge in [0.1, 0.15) is 12.1 Å². The van der Waals surface area contributed by atoms with Gasteiger partial charge in [0, 0.05) is 19.3 Å². The van der Waals surface area contributed by atoms with Gasteiger partial charge in [-0.1, -0.05) is 6.92 Å². The van der Waals surface area contributed by atoms with Crippen LogP contribution >= 0.6 is 0 Å². The summed E-state index contributed by atoms with van der Waals surface area (Å²) >= 11 is 0. The molecule has 1 aliphatic rings. The summed E-state index contributed by atoms with van der Waals surface area (Å²) < 4.78 is 0. The Labute approximate surface area is 78.8 Å². The van der Waals surface area contributed by atoms with Gasteiger partial charge in [0.05, 0.1) is 0 Å². The van der Waals surface area contributed by atoms with Gasteiger partial charge in [-0.3, -0.25) is 0 Å². The second kappa shape index (κ2) is 3.73. The molecule has 3 heteroatoms. The van der Waals surface area contributed by atoms with Crippen molar-refractivity contribution in [2.75, 3.05) is 18.0 Å². The minimum absolute atomic E-state index is 0.795. The van der Waals surface area contributed by atoms with E-state index in [2.05, 4.69) is 21.8 Å². The molecule has 1 aromatic rings. The quantitative estimate of drug-likeness (QED) is 0.654. The van der Waals surface area contributed by atoms with E-state index in [4.69, 9.17) is 0 Å². The van der Waals surface area contributed by atoms with E-state index in [1.807, 2.05) is 12.3 Å². The molecule has 0 unspecified atom stereocenters. The Morgan fingerprint density at radius 2 is 2.46 bits per heavy atom. The van der Waals surface area contributed by atoms with Gasteiger partial charge in [-0.25, -0.2) is 9.97 Å². The van der Waals surface area contributed by atoms with Crippen LogP contribution in [0.2, 0.25) is 0 Å². The van der Waals surface area contributed by atoms with Crippen LogP contribution in [0.5, 0.6) is 0 Å². The van der Waals surface area contributed by atoms with Crippen molar-refractivity contribution < 1.29 is 0 Å². The molecule has 0 N–H and O–H groups in total. The first-order valence-corrected chi connectivity index (χ1v) is 4.87. The fourth-order valence-electron chi connectivity index (χ4n) is 1.87. The number of anilines is 1. The van der Waals surface area contributed by atoms with Crippen molar-refractivity contribution in [3.8, 4) is 0 Å². The van der Waals surface area contributed by atoms with E-state index in [0.717, 1.165) is 24.8 Å². The fourth-order valence-corrected chi connectivity index (χ4v) is 1.87. The molecule has 0 aromatic carbocycles. The Hall–Kier alpha value is -1.12. The summed E-state index contributed by atoms with van der Waals surface area (Å²) in [5.41, 5.74) is 0. The van der Waals surface area contributed by atoms with Crippen LogP contribution in [0.25, 0.3) is 0 Å². The molecule has 2 heterocycles. The topological polar surface area (TPSA) is 29.0 Å². The third-order valence-corrected chi connectivity index (χ3v) is 2.55. The van der Waals surface area contributed by atoms with Crippen LogP contribution in [0.15, 0.2) is 18.6 Å². The van der Waals surface area contributed by atoms with E-state index in [0.29, 0.717) is 0 Å². The molecule has 1 aliphatic heterocycles. The molecular formula is C10H15N3. The first-order chi connectivity index (χ1) is 6.36. The smallest absolute Gasteiger partial charge is 0.131 e. The SMILES string of the molecule is C[C@@H]1CCCN(c2ccncn2)C1. The Balaban J connectivity index is 2.08. The van der Waals surface area contributed by atoms with Gasteiger partial charge in [0.15, 0.2) is 0 Å². The van der Waals surface area contributed by atoms with Gasteiger partial charge in [-0.15, -0.1) is 0 Å². The van der Waals surface area contributed by atoms with Gasteiger partial charge in [0.25, 0.3) is 0 Å². The van der Waals surface area contributed by atoms with Crippen LogP contribution in [-0.4, -0.2) is 23.1 Å². The number of hydrogen-bond acceptors (Lipinski definition) is 3. The highest BCUT2D eigenvalue weighted by Crippen LogP contribution is 2.19. The van der Waals surface area contributed by atoms with Crippen LogP contribution in [0.4, 0.5) is 5.82 Å². The average Bonchev–Trinajstić information content (AvgIpc) is 2.19. The lowest BCUT2D eigenvalue weighted by Gasteiger charge is -2.31. The summed E-state index contributed by atoms with van der Waals surface area (Å²) in [6.07, 6.45) is 6.06. The van der Waals surface area contributed by atoms with Gasteiger partial charge in [-0.2, -0.15) is 0 Å². The zero-order valence-electron chi connectivity index (χ0n) is 7.98. The molecule has 0 spiro atoms. The lowest BCUT2D eigenvalue weighted by Crippen LogP contribution is -2.34. The minimum Gasteiger partial charge on any atom is -0.356 e. The minimum atomic E-state index is 0.795. The van der Waals surface area contributed by atoms with E-state index < -0.39 is 0 Å². The van der Waals surface area contributed by atoms with Crippen LogP contribution in [-0.2, 0) is 0 Å². The van der Waals surface area contributed by atoms with E-state index in [-0.39, 0.29) is 0 Å². The van der Waals surface area contributed by atoms with Gasteiger partial charge in [0.2, 0.25) is 0 Å². The summed E-state index contributed by atoms with van der Waals surface area (Å²) in [5.74, 6) is 1.87. The van der Waals surface area contributed by atoms with Gasteiger partial charge in [-0.05, 0) is 24.8 Å². The normalized spacial score (nSPS) is 23.2. The Kier molecular flexibility index (Phi) is 2.43. The molecule has 0 saturated carbocycles. The summed E-state index contributed by atoms with van der Waals surface area (Å²) in [5, 5.41) is 0. The lowest BCUT2D eigenvalue weighted by atomic mass is 10.0. The Morgan fingerprint density at radius 3 is 3.15 bits per heavy atom. The second-order valence-corrected chi connectivity index (χ2v) is 3.76. The van der Waals surface area contributed by atoms with Crippen molar-refractivity contribution >= 4 is 5.82 Å². The fraction of sp³-hybridized carbons (Fsp3) is 0.600. The molecule has 13 heavy (non-hydrogen) atoms. The van der Waals surface area contributed by atoms with Crippen LogP contribution in [0.1, 0.15) is 19.8 Å². The van der Waals surface area contributed by atoms with E-state index in [1.54, 1.807) is 6.33 Å². The van der Waals surface area contributed by atoms with Gasteiger partial charge < -0.3 is 4.90 Å². The molecular weight excluding hydrogens is 162 g/mol. The molecule has 1 fully saturated rings. The largest absolute Gasteiger partial charge is 0.356 e. The highest BCUT2D eigenvalue weighted by molar-refractivity contribution is 5.36. The first kappa shape index (κ1) is 8.48. The van der Waals surface area contributed by atoms with Crippen molar-refractivity contribution in [3.05, 3.63) is 18.6 Å². The summed E-state index contributed by atoms with van der Waals surface area (Å²) in [7, 11) is 0. The third-order valence-electron chi connectivity index (χ3n) is 2.55. The monoisotopic (exact) mass is 177 g/mol.